The number of likely N-dealkylation sites (N-methyl/N-ethyl adjacent to an activating group) is 1. The van der Waals surface area contributed by atoms with E-state index in [1.165, 1.54) is 0 Å². The average molecular weight is 195 g/mol. The molecule has 0 radical (unpaired) electrons. The Balaban J connectivity index is 3.76. The van der Waals surface area contributed by atoms with Gasteiger partial charge < -0.3 is 5.32 Å². The minimum absolute atomic E-state index is 0.137. The van der Waals surface area contributed by atoms with E-state index in [1.54, 1.807) is 14.0 Å². The predicted molar refractivity (Wildman–Crippen MR) is 49.1 cm³/mol. The maximum absolute atomic E-state index is 11.0. The first-order valence-electron chi connectivity index (χ1n) is 3.93. The summed E-state index contributed by atoms with van der Waals surface area (Å²) >= 11 is 0. The van der Waals surface area contributed by atoms with Crippen molar-refractivity contribution >= 4 is 10.2 Å². The van der Waals surface area contributed by atoms with Crippen molar-refractivity contribution in [2.24, 2.45) is 0 Å². The van der Waals surface area contributed by atoms with Crippen LogP contribution in [-0.2, 0) is 10.2 Å². The molecular weight excluding hydrogens is 178 g/mol. The zero-order valence-electron chi connectivity index (χ0n) is 7.72. The Labute approximate surface area is 74.1 Å². The summed E-state index contributed by atoms with van der Waals surface area (Å²) in [5, 5.41) is 2.92. The average Bonchev–Trinajstić information content (AvgIpc) is 2.00. The molecule has 0 fully saturated rings. The summed E-state index contributed by atoms with van der Waals surface area (Å²) in [7, 11) is -1.49. The quantitative estimate of drug-likeness (QED) is 0.511. The normalized spacial score (nSPS) is 14.6. The standard InChI is InChI=1S/C6H17N3O2S/c1-4-8-12(10,11)9-5-6(2)7-3/h6-9H,4-5H2,1-3H3. The van der Waals surface area contributed by atoms with Gasteiger partial charge in [0.15, 0.2) is 0 Å². The van der Waals surface area contributed by atoms with Crippen molar-refractivity contribution in [3.05, 3.63) is 0 Å². The van der Waals surface area contributed by atoms with Crippen LogP contribution in [0.3, 0.4) is 0 Å². The molecule has 74 valence electrons. The van der Waals surface area contributed by atoms with Crippen LogP contribution in [0.15, 0.2) is 0 Å². The highest BCUT2D eigenvalue weighted by Gasteiger charge is 2.07. The zero-order chi connectivity index (χ0) is 9.61. The van der Waals surface area contributed by atoms with Crippen LogP contribution in [0.4, 0.5) is 0 Å². The van der Waals surface area contributed by atoms with Crippen LogP contribution in [0.1, 0.15) is 13.8 Å². The summed E-state index contributed by atoms with van der Waals surface area (Å²) in [5.74, 6) is 0. The van der Waals surface area contributed by atoms with Crippen LogP contribution in [0.2, 0.25) is 0 Å². The molecule has 3 N–H and O–H groups in total. The SMILES string of the molecule is CCNS(=O)(=O)NCC(C)NC. The molecule has 0 spiro atoms. The van der Waals surface area contributed by atoms with E-state index in [1.807, 2.05) is 6.92 Å². The van der Waals surface area contributed by atoms with Gasteiger partial charge in [-0.15, -0.1) is 0 Å². The highest BCUT2D eigenvalue weighted by atomic mass is 32.2. The second-order valence-electron chi connectivity index (χ2n) is 2.54. The van der Waals surface area contributed by atoms with Crippen LogP contribution in [0, 0.1) is 0 Å². The second kappa shape index (κ2) is 5.47. The first-order chi connectivity index (χ1) is 5.52. The topological polar surface area (TPSA) is 70.2 Å². The fourth-order valence-electron chi connectivity index (χ4n) is 0.578. The zero-order valence-corrected chi connectivity index (χ0v) is 8.53. The van der Waals surface area contributed by atoms with E-state index < -0.39 is 10.2 Å². The van der Waals surface area contributed by atoms with E-state index in [0.29, 0.717) is 13.1 Å². The Bertz CT molecular complexity index is 203. The monoisotopic (exact) mass is 195 g/mol. The Kier molecular flexibility index (Phi) is 5.39. The van der Waals surface area contributed by atoms with E-state index >= 15 is 0 Å². The highest BCUT2D eigenvalue weighted by molar-refractivity contribution is 7.87. The third-order valence-corrected chi connectivity index (χ3v) is 2.62. The summed E-state index contributed by atoms with van der Waals surface area (Å²) < 4.78 is 26.7. The van der Waals surface area contributed by atoms with Crippen LogP contribution < -0.4 is 14.8 Å². The lowest BCUT2D eigenvalue weighted by Crippen LogP contribution is -2.42. The molecule has 0 bridgehead atoms. The molecule has 0 heterocycles. The fourth-order valence-corrected chi connectivity index (χ4v) is 1.53. The van der Waals surface area contributed by atoms with Crippen molar-refractivity contribution in [3.8, 4) is 0 Å². The molecule has 0 aliphatic rings. The maximum atomic E-state index is 11.0. The maximum Gasteiger partial charge on any atom is 0.276 e. The molecule has 0 rings (SSSR count). The molecule has 0 aromatic carbocycles. The fraction of sp³-hybridized carbons (Fsp3) is 1.00. The minimum Gasteiger partial charge on any atom is -0.316 e. The van der Waals surface area contributed by atoms with Gasteiger partial charge in [-0.05, 0) is 14.0 Å². The first kappa shape index (κ1) is 11.8. The first-order valence-corrected chi connectivity index (χ1v) is 5.41. The van der Waals surface area contributed by atoms with Crippen molar-refractivity contribution in [1.82, 2.24) is 14.8 Å². The summed E-state index contributed by atoms with van der Waals surface area (Å²) in [6, 6.07) is 0.137. The minimum atomic E-state index is -3.28. The van der Waals surface area contributed by atoms with Gasteiger partial charge in [-0.1, -0.05) is 6.92 Å². The molecule has 0 saturated carbocycles. The number of nitrogens with one attached hydrogen (secondary N) is 3. The van der Waals surface area contributed by atoms with E-state index in [2.05, 4.69) is 14.8 Å². The molecule has 0 saturated heterocycles. The van der Waals surface area contributed by atoms with Crippen molar-refractivity contribution < 1.29 is 8.42 Å². The Morgan fingerprint density at radius 2 is 1.92 bits per heavy atom. The molecule has 1 unspecified atom stereocenters. The van der Waals surface area contributed by atoms with Gasteiger partial charge in [-0.3, -0.25) is 0 Å². The van der Waals surface area contributed by atoms with Gasteiger partial charge in [0.2, 0.25) is 0 Å². The summed E-state index contributed by atoms with van der Waals surface area (Å²) in [6.07, 6.45) is 0. The highest BCUT2D eigenvalue weighted by Crippen LogP contribution is 1.79. The van der Waals surface area contributed by atoms with Crippen LogP contribution in [-0.4, -0.2) is 34.6 Å². The second-order valence-corrected chi connectivity index (χ2v) is 4.12. The molecule has 0 aliphatic carbocycles. The van der Waals surface area contributed by atoms with Gasteiger partial charge >= 0.3 is 0 Å². The smallest absolute Gasteiger partial charge is 0.276 e. The van der Waals surface area contributed by atoms with E-state index in [-0.39, 0.29) is 6.04 Å². The molecule has 0 aromatic heterocycles. The van der Waals surface area contributed by atoms with Gasteiger partial charge in [0.25, 0.3) is 10.2 Å². The molecule has 12 heavy (non-hydrogen) atoms. The van der Waals surface area contributed by atoms with Crippen LogP contribution >= 0.6 is 0 Å². The lowest BCUT2D eigenvalue weighted by Gasteiger charge is -2.11. The largest absolute Gasteiger partial charge is 0.316 e. The third-order valence-electron chi connectivity index (χ3n) is 1.41. The Morgan fingerprint density at radius 3 is 2.33 bits per heavy atom. The molecule has 5 nitrogen and oxygen atoms in total. The molecule has 6 heteroatoms. The van der Waals surface area contributed by atoms with E-state index in [4.69, 9.17) is 0 Å². The Hall–Kier alpha value is -0.170. The molecule has 1 atom stereocenters. The molecule has 0 aromatic rings. The van der Waals surface area contributed by atoms with Crippen molar-refractivity contribution in [1.29, 1.82) is 0 Å². The van der Waals surface area contributed by atoms with Gasteiger partial charge in [0.1, 0.15) is 0 Å². The van der Waals surface area contributed by atoms with Crippen molar-refractivity contribution in [2.75, 3.05) is 20.1 Å². The van der Waals surface area contributed by atoms with Gasteiger partial charge in [0, 0.05) is 19.1 Å². The van der Waals surface area contributed by atoms with E-state index in [0.717, 1.165) is 0 Å². The predicted octanol–water partition coefficient (Wildman–Crippen LogP) is -0.962. The lowest BCUT2D eigenvalue weighted by atomic mass is 10.4. The molecular formula is C6H17N3O2S. The number of hydrogen-bond donors (Lipinski definition) is 3. The van der Waals surface area contributed by atoms with Crippen molar-refractivity contribution in [3.63, 3.8) is 0 Å². The van der Waals surface area contributed by atoms with Crippen LogP contribution in [0.25, 0.3) is 0 Å². The van der Waals surface area contributed by atoms with Gasteiger partial charge in [0.05, 0.1) is 0 Å². The van der Waals surface area contributed by atoms with Crippen LogP contribution in [0.5, 0.6) is 0 Å². The summed E-state index contributed by atoms with van der Waals surface area (Å²) in [4.78, 5) is 0. The lowest BCUT2D eigenvalue weighted by molar-refractivity contribution is 0.545. The number of rotatable bonds is 6. The van der Waals surface area contributed by atoms with Gasteiger partial charge in [-0.25, -0.2) is 9.44 Å². The summed E-state index contributed by atoms with van der Waals surface area (Å²) in [6.45, 7) is 4.43. The van der Waals surface area contributed by atoms with E-state index in [9.17, 15) is 8.42 Å². The van der Waals surface area contributed by atoms with Gasteiger partial charge in [-0.2, -0.15) is 8.42 Å². The molecule has 0 amide bonds. The molecule has 0 aliphatic heterocycles. The summed E-state index contributed by atoms with van der Waals surface area (Å²) in [5.41, 5.74) is 0. The third kappa shape index (κ3) is 5.48. The number of hydrogen-bond acceptors (Lipinski definition) is 3. The van der Waals surface area contributed by atoms with Crippen molar-refractivity contribution in [2.45, 2.75) is 19.9 Å². The Morgan fingerprint density at radius 1 is 1.33 bits per heavy atom.